The highest BCUT2D eigenvalue weighted by Crippen LogP contribution is 2.33. The van der Waals surface area contributed by atoms with E-state index in [2.05, 4.69) is 53.2 Å². The molecule has 4 rings (SSSR count). The van der Waals surface area contributed by atoms with E-state index in [-0.39, 0.29) is 6.42 Å². The van der Waals surface area contributed by atoms with Gasteiger partial charge in [0.05, 0.1) is 12.6 Å². The zero-order chi connectivity index (χ0) is 25.3. The molecular weight excluding hydrogens is 468 g/mol. The number of hydrogen-bond acceptors (Lipinski definition) is 5. The minimum absolute atomic E-state index is 0.266. The van der Waals surface area contributed by atoms with E-state index in [0.717, 1.165) is 68.8 Å². The van der Waals surface area contributed by atoms with Crippen LogP contribution < -0.4 is 4.74 Å². The number of methoxy groups -OCH3 is 1. The largest absolute Gasteiger partial charge is 0.497 e. The molecule has 0 saturated carbocycles. The van der Waals surface area contributed by atoms with Crippen molar-refractivity contribution in [1.82, 2.24) is 9.88 Å². The summed E-state index contributed by atoms with van der Waals surface area (Å²) in [7, 11) is 1.70. The molecule has 36 heavy (non-hydrogen) atoms. The maximum atomic E-state index is 11.3. The summed E-state index contributed by atoms with van der Waals surface area (Å²) in [5.41, 5.74) is 3.61. The minimum atomic E-state index is -0.682. The van der Waals surface area contributed by atoms with Crippen molar-refractivity contribution in [3.8, 4) is 5.75 Å². The number of carbonyl (C=O) groups is 1. The Morgan fingerprint density at radius 2 is 1.97 bits per heavy atom. The molecule has 1 aromatic heterocycles. The Balaban J connectivity index is 1.31. The van der Waals surface area contributed by atoms with E-state index in [1.54, 1.807) is 7.11 Å². The summed E-state index contributed by atoms with van der Waals surface area (Å²) in [6.07, 6.45) is 7.35. The first-order chi connectivity index (χ1) is 17.5. The number of likely N-dealkylation sites (tertiary alicyclic amines) is 1. The summed E-state index contributed by atoms with van der Waals surface area (Å²) in [4.78, 5) is 19.7. The van der Waals surface area contributed by atoms with Gasteiger partial charge in [0.2, 0.25) is 0 Å². The number of fused-ring (bicyclic) bond motifs is 1. The molecule has 2 aromatic carbocycles. The van der Waals surface area contributed by atoms with Gasteiger partial charge < -0.3 is 14.7 Å². The van der Waals surface area contributed by atoms with E-state index in [1.807, 2.05) is 30.1 Å². The summed E-state index contributed by atoms with van der Waals surface area (Å²) in [5.74, 6) is 2.29. The molecule has 0 radical (unpaired) electrons. The second-order valence-corrected chi connectivity index (χ2v) is 11.1. The Labute approximate surface area is 219 Å². The third-order valence-electron chi connectivity index (χ3n) is 7.46. The Morgan fingerprint density at radius 3 is 2.75 bits per heavy atom. The van der Waals surface area contributed by atoms with Gasteiger partial charge in [-0.2, -0.15) is 0 Å². The third kappa shape index (κ3) is 7.47. The second kappa shape index (κ2) is 13.1. The minimum Gasteiger partial charge on any atom is -0.497 e. The van der Waals surface area contributed by atoms with E-state index < -0.39 is 5.97 Å². The number of thioether (sulfide) groups is 1. The van der Waals surface area contributed by atoms with Crippen molar-refractivity contribution in [3.63, 3.8) is 0 Å². The molecule has 1 saturated heterocycles. The fraction of sp³-hybridized carbons (Fsp3) is 0.467. The first-order valence-corrected chi connectivity index (χ1v) is 14.1. The molecule has 192 valence electrons. The van der Waals surface area contributed by atoms with Gasteiger partial charge in [-0.3, -0.25) is 9.78 Å². The Morgan fingerprint density at radius 1 is 1.14 bits per heavy atom. The van der Waals surface area contributed by atoms with Crippen molar-refractivity contribution in [2.45, 2.75) is 50.3 Å². The zero-order valence-electron chi connectivity index (χ0n) is 21.5. The number of hydrogen-bond donors (Lipinski definition) is 1. The van der Waals surface area contributed by atoms with Gasteiger partial charge in [0.25, 0.3) is 0 Å². The van der Waals surface area contributed by atoms with Crippen LogP contribution in [-0.4, -0.2) is 53.5 Å². The summed E-state index contributed by atoms with van der Waals surface area (Å²) in [6, 6.07) is 16.9. The van der Waals surface area contributed by atoms with Gasteiger partial charge in [0.1, 0.15) is 5.75 Å². The Hall–Kier alpha value is -2.57. The molecule has 0 spiro atoms. The molecule has 2 heterocycles. The second-order valence-electron chi connectivity index (χ2n) is 9.95. The average Bonchev–Trinajstić information content (AvgIpc) is 2.89. The maximum absolute atomic E-state index is 11.3. The predicted molar refractivity (Wildman–Crippen MR) is 148 cm³/mol. The molecule has 1 fully saturated rings. The van der Waals surface area contributed by atoms with E-state index in [9.17, 15) is 9.90 Å². The van der Waals surface area contributed by atoms with Crippen LogP contribution in [0.15, 0.2) is 59.6 Å². The van der Waals surface area contributed by atoms with Crippen molar-refractivity contribution in [1.29, 1.82) is 0 Å². The van der Waals surface area contributed by atoms with E-state index in [4.69, 9.17) is 4.74 Å². The molecule has 0 amide bonds. The van der Waals surface area contributed by atoms with Gasteiger partial charge >= 0.3 is 5.97 Å². The van der Waals surface area contributed by atoms with Crippen LogP contribution in [0, 0.1) is 18.8 Å². The first kappa shape index (κ1) is 26.5. The monoisotopic (exact) mass is 506 g/mol. The van der Waals surface area contributed by atoms with Gasteiger partial charge in [0, 0.05) is 41.7 Å². The molecule has 1 N–H and O–H groups in total. The topological polar surface area (TPSA) is 62.7 Å². The smallest absolute Gasteiger partial charge is 0.303 e. The van der Waals surface area contributed by atoms with Gasteiger partial charge in [-0.25, -0.2) is 0 Å². The number of pyridine rings is 1. The molecule has 2 atom stereocenters. The van der Waals surface area contributed by atoms with Crippen LogP contribution in [0.3, 0.4) is 0 Å². The summed E-state index contributed by atoms with van der Waals surface area (Å²) in [6.45, 7) is 5.30. The molecule has 6 heteroatoms. The van der Waals surface area contributed by atoms with Crippen LogP contribution in [0.1, 0.15) is 43.2 Å². The quantitative estimate of drug-likeness (QED) is 0.284. The summed E-state index contributed by atoms with van der Waals surface area (Å²) < 4.78 is 5.42. The Kier molecular flexibility index (Phi) is 9.65. The number of aryl methyl sites for hydroxylation is 2. The fourth-order valence-electron chi connectivity index (χ4n) is 5.38. The lowest BCUT2D eigenvalue weighted by Crippen LogP contribution is -2.41. The van der Waals surface area contributed by atoms with Crippen LogP contribution >= 0.6 is 11.8 Å². The SMILES string of the molecule is COc1ccc2nccc(CCC[C@@H]3CCN(CCSc4ccc(C)cc4)C[C@@H]3CCC(=O)O)c2c1. The fourth-order valence-corrected chi connectivity index (χ4v) is 6.30. The lowest BCUT2D eigenvalue weighted by molar-refractivity contribution is -0.137. The molecule has 0 aliphatic carbocycles. The molecule has 1 aliphatic heterocycles. The number of carboxylic acids is 1. The van der Waals surface area contributed by atoms with Crippen LogP contribution in [0.25, 0.3) is 10.9 Å². The highest BCUT2D eigenvalue weighted by atomic mass is 32.2. The van der Waals surface area contributed by atoms with Crippen molar-refractivity contribution >= 4 is 28.6 Å². The number of piperidine rings is 1. The van der Waals surface area contributed by atoms with E-state index in [0.29, 0.717) is 11.8 Å². The van der Waals surface area contributed by atoms with Gasteiger partial charge in [0.15, 0.2) is 0 Å². The molecule has 3 aromatic rings. The molecule has 0 bridgehead atoms. The number of aliphatic carboxylic acids is 1. The zero-order valence-corrected chi connectivity index (χ0v) is 22.3. The number of nitrogens with zero attached hydrogens (tertiary/aromatic N) is 2. The number of rotatable bonds is 12. The summed E-state index contributed by atoms with van der Waals surface area (Å²) >= 11 is 1.91. The lowest BCUT2D eigenvalue weighted by atomic mass is 9.79. The van der Waals surface area contributed by atoms with E-state index in [1.165, 1.54) is 21.4 Å². The molecule has 0 unspecified atom stereocenters. The average molecular weight is 507 g/mol. The standard InChI is InChI=1S/C30H38N2O3S/c1-22-6-10-27(11-7-22)36-19-18-32-17-15-23(25(21-32)8-13-30(33)34)4-3-5-24-14-16-31-29-12-9-26(35-2)20-28(24)29/h6-7,9-12,14,16,20,23,25H,3-5,8,13,15,17-19,21H2,1-2H3,(H,33,34)/t23-,25+/m1/s1. The van der Waals surface area contributed by atoms with Crippen molar-refractivity contribution in [2.24, 2.45) is 11.8 Å². The number of ether oxygens (including phenoxy) is 1. The maximum Gasteiger partial charge on any atom is 0.303 e. The Bertz CT molecular complexity index is 1130. The number of carboxylic acid groups (broad SMARTS) is 1. The number of benzene rings is 2. The number of aromatic nitrogens is 1. The predicted octanol–water partition coefficient (Wildman–Crippen LogP) is 6.47. The molecule has 5 nitrogen and oxygen atoms in total. The van der Waals surface area contributed by atoms with Crippen molar-refractivity contribution in [3.05, 3.63) is 65.9 Å². The lowest BCUT2D eigenvalue weighted by Gasteiger charge is -2.39. The van der Waals surface area contributed by atoms with Gasteiger partial charge in [-0.15, -0.1) is 11.8 Å². The third-order valence-corrected chi connectivity index (χ3v) is 8.45. The van der Waals surface area contributed by atoms with Crippen LogP contribution in [0.2, 0.25) is 0 Å². The van der Waals surface area contributed by atoms with Crippen LogP contribution in [-0.2, 0) is 11.2 Å². The van der Waals surface area contributed by atoms with Gasteiger partial charge in [-0.05, 0) is 99.4 Å². The molecular formula is C30H38N2O3S. The van der Waals surface area contributed by atoms with Crippen molar-refractivity contribution < 1.29 is 14.6 Å². The normalized spacial score (nSPS) is 18.4. The highest BCUT2D eigenvalue weighted by Gasteiger charge is 2.29. The van der Waals surface area contributed by atoms with E-state index >= 15 is 0 Å². The summed E-state index contributed by atoms with van der Waals surface area (Å²) in [5, 5.41) is 10.5. The molecule has 1 aliphatic rings. The van der Waals surface area contributed by atoms with Crippen LogP contribution in [0.5, 0.6) is 5.75 Å². The first-order valence-electron chi connectivity index (χ1n) is 13.1. The van der Waals surface area contributed by atoms with Gasteiger partial charge in [-0.1, -0.05) is 17.7 Å². The highest BCUT2D eigenvalue weighted by molar-refractivity contribution is 7.99. The van der Waals surface area contributed by atoms with Crippen LogP contribution in [0.4, 0.5) is 0 Å². The van der Waals surface area contributed by atoms with Crippen molar-refractivity contribution in [2.75, 3.05) is 32.5 Å².